The van der Waals surface area contributed by atoms with Gasteiger partial charge in [0, 0.05) is 74.3 Å². The normalized spacial score (nSPS) is 21.8. The minimum absolute atomic E-state index is 0.0000772. The second-order valence-corrected chi connectivity index (χ2v) is 19.8. The summed E-state index contributed by atoms with van der Waals surface area (Å²) in [5.41, 5.74) is 10.6. The van der Waals surface area contributed by atoms with Gasteiger partial charge < -0.3 is 34.1 Å². The van der Waals surface area contributed by atoms with Crippen molar-refractivity contribution in [2.45, 2.75) is 116 Å². The summed E-state index contributed by atoms with van der Waals surface area (Å²) >= 11 is 0. The quantitative estimate of drug-likeness (QED) is 0.120. The number of carbonyl (C=O) groups is 4. The van der Waals surface area contributed by atoms with E-state index in [1.807, 2.05) is 69.3 Å². The average molecular weight is 927 g/mol. The molecule has 68 heavy (non-hydrogen) atoms. The summed E-state index contributed by atoms with van der Waals surface area (Å²) in [6, 6.07) is 22.4. The van der Waals surface area contributed by atoms with E-state index in [1.54, 1.807) is 32.5 Å². The second-order valence-electron chi connectivity index (χ2n) is 19.8. The molecule has 2 fully saturated rings. The number of ether oxygens (including phenoxy) is 3. The molecule has 2 saturated heterocycles. The Bertz CT molecular complexity index is 2660. The number of phenolic OH excluding ortho intramolecular Hbond substituents is 1. The highest BCUT2D eigenvalue weighted by Gasteiger charge is 2.42. The van der Waals surface area contributed by atoms with Crippen LogP contribution in [0.3, 0.4) is 0 Å². The molecular formula is C54H66N6O8. The van der Waals surface area contributed by atoms with E-state index in [9.17, 15) is 24.3 Å². The highest BCUT2D eigenvalue weighted by atomic mass is 16.5. The third-order valence-electron chi connectivity index (χ3n) is 13.9. The summed E-state index contributed by atoms with van der Waals surface area (Å²) < 4.78 is 20.3. The number of pyridine rings is 1. The minimum atomic E-state index is -1.15. The van der Waals surface area contributed by atoms with E-state index in [4.69, 9.17) is 19.2 Å². The largest absolute Gasteiger partial charge is 0.508 e. The Balaban J connectivity index is 1.20. The molecule has 8 rings (SSSR count). The van der Waals surface area contributed by atoms with Crippen molar-refractivity contribution in [2.24, 2.45) is 11.3 Å². The van der Waals surface area contributed by atoms with Crippen molar-refractivity contribution in [3.63, 3.8) is 0 Å². The summed E-state index contributed by atoms with van der Waals surface area (Å²) in [4.78, 5) is 64.0. The average Bonchev–Trinajstić information content (AvgIpc) is 3.94. The summed E-state index contributed by atoms with van der Waals surface area (Å²) in [7, 11) is 3.29. The van der Waals surface area contributed by atoms with Crippen LogP contribution in [-0.2, 0) is 52.8 Å². The first-order valence-electron chi connectivity index (χ1n) is 24.0. The topological polar surface area (TPSA) is 165 Å². The Morgan fingerprint density at radius 1 is 1.01 bits per heavy atom. The Morgan fingerprint density at radius 3 is 2.53 bits per heavy atom. The van der Waals surface area contributed by atoms with E-state index in [0.717, 1.165) is 50.1 Å². The number of aromatic hydroxyl groups is 1. The van der Waals surface area contributed by atoms with Crippen molar-refractivity contribution in [1.82, 2.24) is 30.2 Å². The van der Waals surface area contributed by atoms with Crippen molar-refractivity contribution in [2.75, 3.05) is 33.9 Å². The number of esters is 1. The Hall–Kier alpha value is -6.09. The van der Waals surface area contributed by atoms with Gasteiger partial charge in [-0.1, -0.05) is 70.2 Å². The predicted octanol–water partition coefficient (Wildman–Crippen LogP) is 7.51. The number of cyclic esters (lactones) is 1. The van der Waals surface area contributed by atoms with Crippen molar-refractivity contribution in [1.29, 1.82) is 0 Å². The number of hydrogen-bond donors (Lipinski definition) is 3. The van der Waals surface area contributed by atoms with Gasteiger partial charge in [-0.2, -0.15) is 0 Å². The Morgan fingerprint density at radius 2 is 1.79 bits per heavy atom. The van der Waals surface area contributed by atoms with Crippen LogP contribution in [0.4, 0.5) is 0 Å². The van der Waals surface area contributed by atoms with Gasteiger partial charge in [0.05, 0.1) is 24.1 Å². The molecule has 5 heterocycles. The van der Waals surface area contributed by atoms with Gasteiger partial charge in [0.15, 0.2) is 0 Å². The zero-order chi connectivity index (χ0) is 48.4. The van der Waals surface area contributed by atoms with Crippen LogP contribution >= 0.6 is 0 Å². The van der Waals surface area contributed by atoms with Crippen molar-refractivity contribution in [3.05, 3.63) is 107 Å². The fourth-order valence-corrected chi connectivity index (χ4v) is 10.5. The van der Waals surface area contributed by atoms with Crippen LogP contribution in [0.25, 0.3) is 33.3 Å². The third-order valence-corrected chi connectivity index (χ3v) is 13.9. The van der Waals surface area contributed by atoms with E-state index in [2.05, 4.69) is 54.3 Å². The number of hydrazine groups is 1. The molecule has 2 aromatic heterocycles. The smallest absolute Gasteiger partial charge is 0.324 e. The Kier molecular flexibility index (Phi) is 14.4. The number of aryl methyl sites for hydroxylation is 1. The van der Waals surface area contributed by atoms with E-state index in [1.165, 1.54) is 9.91 Å². The van der Waals surface area contributed by atoms with Gasteiger partial charge in [-0.25, -0.2) is 5.43 Å². The van der Waals surface area contributed by atoms with Crippen LogP contribution in [0.15, 0.2) is 85.1 Å². The van der Waals surface area contributed by atoms with E-state index < -0.39 is 47.4 Å². The lowest BCUT2D eigenvalue weighted by atomic mass is 9.84. The first-order valence-corrected chi connectivity index (χ1v) is 24.0. The number of rotatable bonds is 10. The molecule has 14 heteroatoms. The van der Waals surface area contributed by atoms with Crippen LogP contribution in [0.5, 0.6) is 5.75 Å². The molecule has 0 radical (unpaired) electrons. The van der Waals surface area contributed by atoms with E-state index in [-0.39, 0.29) is 49.2 Å². The number of amides is 3. The summed E-state index contributed by atoms with van der Waals surface area (Å²) in [6.07, 6.45) is 2.92. The van der Waals surface area contributed by atoms with Gasteiger partial charge in [-0.05, 0) is 110 Å². The molecule has 1 unspecified atom stereocenters. The first-order chi connectivity index (χ1) is 32.6. The van der Waals surface area contributed by atoms with Crippen LogP contribution in [0.1, 0.15) is 95.2 Å². The number of nitrogens with zero attached hydrogens (tertiary/aromatic N) is 4. The molecule has 360 valence electrons. The third kappa shape index (κ3) is 9.90. The second kappa shape index (κ2) is 20.2. The molecule has 3 aliphatic heterocycles. The molecule has 6 bridgehead atoms. The maximum atomic E-state index is 14.8. The number of carbonyl (C=O) groups excluding carboxylic acids is 4. The summed E-state index contributed by atoms with van der Waals surface area (Å²) in [5, 5.41) is 16.8. The lowest BCUT2D eigenvalue weighted by molar-refractivity contribution is -0.155. The number of benzene rings is 3. The maximum absolute atomic E-state index is 14.8. The standard InChI is InChI=1S/C54H66N6O8/c1-9-59-45-20-19-36-29-41(45)42(48(59)40-17-13-22-55-46(40)33(4)66-8)30-54(5,6)31-68-53(65)43-18-14-23-60(57-43)51(63)44(27-34-25-37(36)28-38(61)26-34)56-50(62)47(32(2)3)58(7)52(64)49-39(21-24-67-49)35-15-11-10-12-16-35/h10-13,15-17,19-20,22,25-26,28-29,32-33,39,43-44,47,49,57,61H,9,14,18,21,23-24,27,30-31H2,1-8H3,(H,56,62)/t33-,39-,43-,44-,47?,49+/m0/s1. The molecule has 3 aromatic carbocycles. The molecular weight excluding hydrogens is 861 g/mol. The fourth-order valence-electron chi connectivity index (χ4n) is 10.5. The van der Waals surface area contributed by atoms with Crippen molar-refractivity contribution < 1.29 is 38.5 Å². The van der Waals surface area contributed by atoms with Gasteiger partial charge in [0.25, 0.3) is 11.8 Å². The predicted molar refractivity (Wildman–Crippen MR) is 260 cm³/mol. The highest BCUT2D eigenvalue weighted by Crippen LogP contribution is 2.42. The van der Waals surface area contributed by atoms with E-state index >= 15 is 0 Å². The van der Waals surface area contributed by atoms with Crippen LogP contribution in [0, 0.1) is 11.3 Å². The molecule has 3 amide bonds. The number of phenols is 1. The van der Waals surface area contributed by atoms with Crippen LogP contribution in [-0.4, -0.2) is 106 Å². The lowest BCUT2D eigenvalue weighted by Gasteiger charge is -2.37. The van der Waals surface area contributed by atoms with Crippen molar-refractivity contribution >= 4 is 34.6 Å². The summed E-state index contributed by atoms with van der Waals surface area (Å²) in [6.45, 7) is 13.5. The first kappa shape index (κ1) is 48.4. The SMILES string of the molecule is CCn1c(-c2cccnc2[C@H](C)OC)c2c3cc(ccc31)-c1cc(O)cc(c1)C[C@H](NC(=O)C(C(C)C)N(C)C(=O)[C@@H]1OCC[C@H]1c1ccccc1)C(=O)N1CCC[C@H](N1)C(=O)OCC(C)(C)C2. The lowest BCUT2D eigenvalue weighted by Crippen LogP contribution is -2.62. The highest BCUT2D eigenvalue weighted by molar-refractivity contribution is 5.96. The molecule has 0 aliphatic carbocycles. The molecule has 5 aromatic rings. The number of methoxy groups -OCH3 is 1. The van der Waals surface area contributed by atoms with Crippen LogP contribution in [0.2, 0.25) is 0 Å². The molecule has 3 N–H and O–H groups in total. The monoisotopic (exact) mass is 926 g/mol. The van der Waals surface area contributed by atoms with E-state index in [0.29, 0.717) is 44.4 Å². The molecule has 0 saturated carbocycles. The number of aromatic nitrogens is 2. The van der Waals surface area contributed by atoms with Gasteiger partial charge >= 0.3 is 5.97 Å². The number of hydrogen-bond acceptors (Lipinski definition) is 10. The van der Waals surface area contributed by atoms with Crippen LogP contribution < -0.4 is 10.7 Å². The molecule has 14 nitrogen and oxygen atoms in total. The van der Waals surface area contributed by atoms with Gasteiger partial charge in [-0.3, -0.25) is 29.2 Å². The van der Waals surface area contributed by atoms with Gasteiger partial charge in [0.2, 0.25) is 5.91 Å². The molecule has 3 aliphatic rings. The minimum Gasteiger partial charge on any atom is -0.508 e. The number of likely N-dealkylation sites (N-methyl/N-ethyl adjacent to an activating group) is 1. The van der Waals surface area contributed by atoms with Crippen molar-refractivity contribution in [3.8, 4) is 28.1 Å². The number of fused-ring (bicyclic) bond motifs is 6. The zero-order valence-corrected chi connectivity index (χ0v) is 40.6. The Labute approximate surface area is 399 Å². The fraction of sp³-hybridized carbons (Fsp3) is 0.463. The number of nitrogens with one attached hydrogen (secondary N) is 2. The zero-order valence-electron chi connectivity index (χ0n) is 40.6. The van der Waals surface area contributed by atoms with Gasteiger partial charge in [0.1, 0.15) is 30.0 Å². The molecule has 0 spiro atoms. The maximum Gasteiger partial charge on any atom is 0.324 e. The summed E-state index contributed by atoms with van der Waals surface area (Å²) in [5.74, 6) is -2.26. The van der Waals surface area contributed by atoms with Gasteiger partial charge in [-0.15, -0.1) is 0 Å². The molecule has 6 atom stereocenters.